The van der Waals surface area contributed by atoms with Gasteiger partial charge in [-0.15, -0.1) is 0 Å². The molecular formula is C10H18O2. The summed E-state index contributed by atoms with van der Waals surface area (Å²) in [5.41, 5.74) is 0. The Morgan fingerprint density at radius 1 is 1.42 bits per heavy atom. The van der Waals surface area contributed by atoms with Crippen molar-refractivity contribution in [2.75, 3.05) is 6.61 Å². The molecule has 1 saturated heterocycles. The second kappa shape index (κ2) is 3.75. The van der Waals surface area contributed by atoms with E-state index in [-0.39, 0.29) is 0 Å². The third-order valence-corrected chi connectivity index (χ3v) is 2.80. The van der Waals surface area contributed by atoms with E-state index in [1.165, 1.54) is 32.1 Å². The van der Waals surface area contributed by atoms with Crippen LogP contribution in [-0.4, -0.2) is 24.9 Å². The number of unbranched alkanes of at least 4 members (excludes halogenated alkanes) is 1. The van der Waals surface area contributed by atoms with Crippen LogP contribution in [0, 0.1) is 0 Å². The highest BCUT2D eigenvalue weighted by molar-refractivity contribution is 4.95. The Kier molecular flexibility index (Phi) is 2.66. The fraction of sp³-hybridized carbons (Fsp3) is 1.00. The second-order valence-corrected chi connectivity index (χ2v) is 3.83. The molecule has 1 heterocycles. The first-order valence-corrected chi connectivity index (χ1v) is 5.19. The van der Waals surface area contributed by atoms with E-state index in [9.17, 15) is 0 Å². The maximum Gasteiger partial charge on any atom is 0.110 e. The van der Waals surface area contributed by atoms with Crippen LogP contribution < -0.4 is 0 Å². The van der Waals surface area contributed by atoms with Crippen molar-refractivity contribution >= 4 is 0 Å². The average Bonchev–Trinajstić information content (AvgIpc) is 2.84. The predicted molar refractivity (Wildman–Crippen MR) is 47.2 cm³/mol. The Hall–Kier alpha value is -0.0800. The van der Waals surface area contributed by atoms with E-state index in [0.717, 1.165) is 6.61 Å². The fourth-order valence-electron chi connectivity index (χ4n) is 1.96. The minimum absolute atomic E-state index is 0.426. The number of hydrogen-bond acceptors (Lipinski definition) is 2. The zero-order valence-electron chi connectivity index (χ0n) is 7.79. The number of rotatable bonds is 4. The normalized spacial score (nSPS) is 39.2. The summed E-state index contributed by atoms with van der Waals surface area (Å²) in [7, 11) is 0. The van der Waals surface area contributed by atoms with Gasteiger partial charge in [0.2, 0.25) is 0 Å². The van der Waals surface area contributed by atoms with Gasteiger partial charge in [0, 0.05) is 6.61 Å². The molecule has 0 N–H and O–H groups in total. The monoisotopic (exact) mass is 170 g/mol. The number of epoxide rings is 1. The molecule has 0 unspecified atom stereocenters. The van der Waals surface area contributed by atoms with Crippen molar-refractivity contribution in [2.45, 2.75) is 57.3 Å². The molecule has 2 heteroatoms. The lowest BCUT2D eigenvalue weighted by Gasteiger charge is -2.18. The molecular weight excluding hydrogens is 152 g/mol. The second-order valence-electron chi connectivity index (χ2n) is 3.83. The van der Waals surface area contributed by atoms with E-state index >= 15 is 0 Å². The van der Waals surface area contributed by atoms with Crippen LogP contribution in [0.25, 0.3) is 0 Å². The van der Waals surface area contributed by atoms with E-state index in [2.05, 4.69) is 6.92 Å². The number of fused-ring (bicyclic) bond motifs is 1. The van der Waals surface area contributed by atoms with Crippen LogP contribution in [0.5, 0.6) is 0 Å². The zero-order valence-corrected chi connectivity index (χ0v) is 7.79. The lowest BCUT2D eigenvalue weighted by Crippen LogP contribution is -2.25. The van der Waals surface area contributed by atoms with Gasteiger partial charge in [0.25, 0.3) is 0 Å². The van der Waals surface area contributed by atoms with E-state index < -0.39 is 0 Å². The van der Waals surface area contributed by atoms with Crippen LogP contribution in [0.15, 0.2) is 0 Å². The molecule has 0 spiro atoms. The molecule has 0 radical (unpaired) electrons. The first-order valence-electron chi connectivity index (χ1n) is 5.19. The lowest BCUT2D eigenvalue weighted by molar-refractivity contribution is 0.0235. The Morgan fingerprint density at radius 3 is 3.17 bits per heavy atom. The van der Waals surface area contributed by atoms with Crippen LogP contribution >= 0.6 is 0 Å². The van der Waals surface area contributed by atoms with Gasteiger partial charge in [-0.2, -0.15) is 0 Å². The summed E-state index contributed by atoms with van der Waals surface area (Å²) in [6.07, 6.45) is 7.63. The fourth-order valence-corrected chi connectivity index (χ4v) is 1.96. The molecule has 2 rings (SSSR count). The van der Waals surface area contributed by atoms with Crippen LogP contribution in [0.1, 0.15) is 39.0 Å². The summed E-state index contributed by atoms with van der Waals surface area (Å²) in [5, 5.41) is 0. The minimum atomic E-state index is 0.426. The molecule has 0 amide bonds. The molecule has 12 heavy (non-hydrogen) atoms. The third-order valence-electron chi connectivity index (χ3n) is 2.80. The summed E-state index contributed by atoms with van der Waals surface area (Å²) in [5.74, 6) is 0. The molecule has 0 aromatic rings. The summed E-state index contributed by atoms with van der Waals surface area (Å²) in [6.45, 7) is 3.12. The van der Waals surface area contributed by atoms with Gasteiger partial charge in [0.15, 0.2) is 0 Å². The van der Waals surface area contributed by atoms with Crippen LogP contribution in [0.3, 0.4) is 0 Å². The minimum Gasteiger partial charge on any atom is -0.375 e. The highest BCUT2D eigenvalue weighted by Gasteiger charge is 2.47. The maximum atomic E-state index is 5.75. The first kappa shape index (κ1) is 8.52. The summed E-state index contributed by atoms with van der Waals surface area (Å²) >= 11 is 0. The smallest absolute Gasteiger partial charge is 0.110 e. The molecule has 70 valence electrons. The van der Waals surface area contributed by atoms with Crippen molar-refractivity contribution in [1.29, 1.82) is 0 Å². The third kappa shape index (κ3) is 1.80. The van der Waals surface area contributed by atoms with Crippen LogP contribution in [0.2, 0.25) is 0 Å². The van der Waals surface area contributed by atoms with Crippen molar-refractivity contribution in [2.24, 2.45) is 0 Å². The molecule has 2 nitrogen and oxygen atoms in total. The highest BCUT2D eigenvalue weighted by atomic mass is 16.6. The van der Waals surface area contributed by atoms with Crippen LogP contribution in [-0.2, 0) is 9.47 Å². The quantitative estimate of drug-likeness (QED) is 0.476. The van der Waals surface area contributed by atoms with Gasteiger partial charge in [-0.05, 0) is 25.7 Å². The topological polar surface area (TPSA) is 21.8 Å². The van der Waals surface area contributed by atoms with Crippen molar-refractivity contribution in [3.63, 3.8) is 0 Å². The lowest BCUT2D eigenvalue weighted by atomic mass is 9.98. The molecule has 0 bridgehead atoms. The summed E-state index contributed by atoms with van der Waals surface area (Å²) < 4.78 is 11.2. The molecule has 2 aliphatic rings. The molecule has 0 aromatic heterocycles. The van der Waals surface area contributed by atoms with Crippen molar-refractivity contribution < 1.29 is 9.47 Å². The molecule has 2 fully saturated rings. The van der Waals surface area contributed by atoms with E-state index in [1.54, 1.807) is 0 Å². The maximum absolute atomic E-state index is 5.75. The molecule has 1 saturated carbocycles. The van der Waals surface area contributed by atoms with Gasteiger partial charge in [0.1, 0.15) is 6.10 Å². The van der Waals surface area contributed by atoms with Crippen molar-refractivity contribution in [3.8, 4) is 0 Å². The van der Waals surface area contributed by atoms with Gasteiger partial charge in [-0.3, -0.25) is 0 Å². The van der Waals surface area contributed by atoms with Crippen LogP contribution in [0.4, 0.5) is 0 Å². The molecule has 0 aromatic carbocycles. The van der Waals surface area contributed by atoms with E-state index in [0.29, 0.717) is 18.3 Å². The van der Waals surface area contributed by atoms with Crippen molar-refractivity contribution in [3.05, 3.63) is 0 Å². The summed E-state index contributed by atoms with van der Waals surface area (Å²) in [4.78, 5) is 0. The number of ether oxygens (including phenoxy) is 2. The Bertz CT molecular complexity index is 147. The van der Waals surface area contributed by atoms with Gasteiger partial charge in [-0.1, -0.05) is 13.3 Å². The highest BCUT2D eigenvalue weighted by Crippen LogP contribution is 2.38. The molecule has 1 aliphatic carbocycles. The Balaban J connectivity index is 1.66. The average molecular weight is 170 g/mol. The zero-order chi connectivity index (χ0) is 8.39. The van der Waals surface area contributed by atoms with E-state index in [1.807, 2.05) is 0 Å². The predicted octanol–water partition coefficient (Wildman–Crippen LogP) is 2.12. The molecule has 3 atom stereocenters. The van der Waals surface area contributed by atoms with Crippen molar-refractivity contribution in [1.82, 2.24) is 0 Å². The Labute approximate surface area is 74.2 Å². The van der Waals surface area contributed by atoms with Gasteiger partial charge in [0.05, 0.1) is 12.2 Å². The van der Waals surface area contributed by atoms with Gasteiger partial charge < -0.3 is 9.47 Å². The standard InChI is InChI=1S/C10H18O2/c1-2-3-7-11-8-5-4-6-9-10(8)12-9/h8-10H,2-7H2,1H3/t8-,9-,10+/m0/s1. The molecule has 1 aliphatic heterocycles. The first-order chi connectivity index (χ1) is 5.92. The summed E-state index contributed by atoms with van der Waals surface area (Å²) in [6, 6.07) is 0. The van der Waals surface area contributed by atoms with Gasteiger partial charge in [-0.25, -0.2) is 0 Å². The van der Waals surface area contributed by atoms with E-state index in [4.69, 9.17) is 9.47 Å². The Morgan fingerprint density at radius 2 is 2.33 bits per heavy atom. The van der Waals surface area contributed by atoms with Gasteiger partial charge >= 0.3 is 0 Å². The SMILES string of the molecule is CCCCO[C@H]1CCC[C@@H]2O[C@H]12. The number of hydrogen-bond donors (Lipinski definition) is 0. The largest absolute Gasteiger partial charge is 0.375 e.